The number of ether oxygens (including phenoxy) is 1. The molecule has 1 aliphatic heterocycles. The Labute approximate surface area is 165 Å². The Morgan fingerprint density at radius 1 is 1.24 bits per heavy atom. The molecule has 2 heterocycles. The summed E-state index contributed by atoms with van der Waals surface area (Å²) >= 11 is 0. The van der Waals surface area contributed by atoms with Crippen LogP contribution in [0, 0.1) is 11.8 Å². The van der Waals surface area contributed by atoms with Crippen LogP contribution in [0.5, 0.6) is 0 Å². The zero-order valence-corrected chi connectivity index (χ0v) is 16.1. The first-order chi connectivity index (χ1) is 13.5. The summed E-state index contributed by atoms with van der Waals surface area (Å²) in [6.07, 6.45) is -3.83. The number of amides is 3. The van der Waals surface area contributed by atoms with E-state index in [0.717, 1.165) is 12.3 Å². The van der Waals surface area contributed by atoms with Crippen LogP contribution in [0.3, 0.4) is 0 Å². The van der Waals surface area contributed by atoms with E-state index in [9.17, 15) is 27.6 Å². The first-order valence-electron chi connectivity index (χ1n) is 9.13. The van der Waals surface area contributed by atoms with Crippen LogP contribution < -0.4 is 20.9 Å². The van der Waals surface area contributed by atoms with Gasteiger partial charge in [-0.15, -0.1) is 0 Å². The van der Waals surface area contributed by atoms with Crippen molar-refractivity contribution in [2.24, 2.45) is 17.6 Å². The van der Waals surface area contributed by atoms with E-state index in [1.54, 1.807) is 13.8 Å². The van der Waals surface area contributed by atoms with Crippen molar-refractivity contribution in [3.8, 4) is 0 Å². The fraction of sp³-hybridized carbons (Fsp3) is 0.556. The van der Waals surface area contributed by atoms with Crippen molar-refractivity contribution in [3.63, 3.8) is 0 Å². The molecule has 0 saturated carbocycles. The number of aromatic nitrogens is 1. The number of alkyl halides is 3. The molecule has 1 atom stereocenters. The van der Waals surface area contributed by atoms with E-state index in [1.165, 1.54) is 6.07 Å². The van der Waals surface area contributed by atoms with Crippen molar-refractivity contribution in [2.45, 2.75) is 39.0 Å². The zero-order chi connectivity index (χ0) is 21.8. The standard InChI is InChI=1S/C18H23F3N4O4/c1-10(2)14(15(26)24-17(22)28)29-16(27)11-5-7-25(8-6-11)13-4-3-12(9-23-13)18(19,20)21/h3-4,9-11,14H,5-8H2,1-2H3,(H3,22,24,26,28)/p+1/t14-/m0/s1. The molecule has 11 heteroatoms. The van der Waals surface area contributed by atoms with Crippen molar-refractivity contribution in [3.05, 3.63) is 23.9 Å². The number of pyridine rings is 1. The molecule has 0 aromatic carbocycles. The van der Waals surface area contributed by atoms with Crippen LogP contribution in [0.1, 0.15) is 32.3 Å². The Hall–Kier alpha value is -2.85. The van der Waals surface area contributed by atoms with Crippen LogP contribution in [0.25, 0.3) is 0 Å². The summed E-state index contributed by atoms with van der Waals surface area (Å²) in [5, 5.41) is 1.91. The number of esters is 1. The summed E-state index contributed by atoms with van der Waals surface area (Å²) in [5.41, 5.74) is 4.16. The van der Waals surface area contributed by atoms with Crippen molar-refractivity contribution in [2.75, 3.05) is 18.0 Å². The van der Waals surface area contributed by atoms with E-state index >= 15 is 0 Å². The highest BCUT2D eigenvalue weighted by Crippen LogP contribution is 2.29. The topological polar surface area (TPSA) is 116 Å². The highest BCUT2D eigenvalue weighted by molar-refractivity contribution is 5.96. The number of H-pyrrole nitrogens is 1. The second-order valence-corrected chi connectivity index (χ2v) is 7.18. The van der Waals surface area contributed by atoms with Crippen molar-refractivity contribution < 1.29 is 37.3 Å². The number of carbonyl (C=O) groups is 3. The Kier molecular flexibility index (Phi) is 7.04. The van der Waals surface area contributed by atoms with E-state index in [2.05, 4.69) is 4.98 Å². The van der Waals surface area contributed by atoms with E-state index in [0.29, 0.717) is 31.7 Å². The van der Waals surface area contributed by atoms with E-state index in [4.69, 9.17) is 10.5 Å². The number of carbonyl (C=O) groups excluding carboxylic acids is 3. The van der Waals surface area contributed by atoms with Gasteiger partial charge in [-0.05, 0) is 24.8 Å². The van der Waals surface area contributed by atoms with Crippen LogP contribution in [-0.4, -0.2) is 37.1 Å². The maximum atomic E-state index is 12.7. The summed E-state index contributed by atoms with van der Waals surface area (Å²) in [6, 6.07) is 1.32. The monoisotopic (exact) mass is 417 g/mol. The molecule has 1 aromatic rings. The lowest BCUT2D eigenvalue weighted by Gasteiger charge is -2.28. The predicted molar refractivity (Wildman–Crippen MR) is 95.4 cm³/mol. The normalized spacial score (nSPS) is 16.4. The van der Waals surface area contributed by atoms with Crippen LogP contribution in [-0.2, 0) is 20.5 Å². The summed E-state index contributed by atoms with van der Waals surface area (Å²) < 4.78 is 43.2. The number of nitrogens with zero attached hydrogens (tertiary/aromatic N) is 1. The molecule has 0 bridgehead atoms. The molecule has 0 spiro atoms. The molecule has 0 aliphatic carbocycles. The van der Waals surface area contributed by atoms with Crippen LogP contribution >= 0.6 is 0 Å². The van der Waals surface area contributed by atoms with Gasteiger partial charge >= 0.3 is 18.2 Å². The minimum atomic E-state index is -4.42. The number of rotatable bonds is 5. The second kappa shape index (κ2) is 9.10. The first kappa shape index (κ1) is 22.4. The molecule has 2 rings (SSSR count). The number of piperidine rings is 1. The maximum Gasteiger partial charge on any atom is 0.419 e. The fourth-order valence-corrected chi connectivity index (χ4v) is 3.05. The van der Waals surface area contributed by atoms with Crippen molar-refractivity contribution >= 4 is 23.7 Å². The van der Waals surface area contributed by atoms with Gasteiger partial charge in [0.25, 0.3) is 11.7 Å². The molecule has 1 aliphatic rings. The molecule has 0 radical (unpaired) electrons. The minimum Gasteiger partial charge on any atom is -0.452 e. The average molecular weight is 417 g/mol. The van der Waals surface area contributed by atoms with Gasteiger partial charge in [0.1, 0.15) is 6.20 Å². The fourth-order valence-electron chi connectivity index (χ4n) is 3.05. The summed E-state index contributed by atoms with van der Waals surface area (Å²) in [6.45, 7) is 4.20. The smallest absolute Gasteiger partial charge is 0.419 e. The van der Waals surface area contributed by atoms with Crippen LogP contribution in [0.15, 0.2) is 18.3 Å². The van der Waals surface area contributed by atoms with Crippen LogP contribution in [0.2, 0.25) is 0 Å². The highest BCUT2D eigenvalue weighted by Gasteiger charge is 2.35. The van der Waals surface area contributed by atoms with Gasteiger partial charge in [0.2, 0.25) is 0 Å². The number of urea groups is 1. The molecular weight excluding hydrogens is 393 g/mol. The Balaban J connectivity index is 1.93. The van der Waals surface area contributed by atoms with Gasteiger partial charge in [-0.3, -0.25) is 19.8 Å². The Morgan fingerprint density at radius 3 is 2.31 bits per heavy atom. The number of nitrogens with one attached hydrogen (secondary N) is 2. The number of aromatic amines is 1. The zero-order valence-electron chi connectivity index (χ0n) is 16.1. The number of nitrogens with two attached hydrogens (primary N) is 1. The van der Waals surface area contributed by atoms with E-state index in [-0.39, 0.29) is 5.92 Å². The molecule has 29 heavy (non-hydrogen) atoms. The quantitative estimate of drug-likeness (QED) is 0.705. The van der Waals surface area contributed by atoms with Crippen molar-refractivity contribution in [1.29, 1.82) is 0 Å². The number of imide groups is 1. The first-order valence-corrected chi connectivity index (χ1v) is 9.13. The summed E-state index contributed by atoms with van der Waals surface area (Å²) in [5.74, 6) is -1.63. The molecular formula is C18H24F3N4O4+. The minimum absolute atomic E-state index is 0.361. The van der Waals surface area contributed by atoms with Gasteiger partial charge in [-0.2, -0.15) is 13.2 Å². The Bertz CT molecular complexity index is 744. The molecule has 1 aromatic heterocycles. The van der Waals surface area contributed by atoms with E-state index < -0.39 is 41.7 Å². The molecule has 3 amide bonds. The average Bonchev–Trinajstić information content (AvgIpc) is 2.64. The van der Waals surface area contributed by atoms with Crippen molar-refractivity contribution in [1.82, 2.24) is 5.32 Å². The van der Waals surface area contributed by atoms with Gasteiger partial charge in [0.15, 0.2) is 6.10 Å². The third-order valence-electron chi connectivity index (χ3n) is 4.65. The molecule has 160 valence electrons. The number of halogens is 3. The van der Waals surface area contributed by atoms with Crippen LogP contribution in [0.4, 0.5) is 23.8 Å². The van der Waals surface area contributed by atoms with Gasteiger partial charge in [0, 0.05) is 6.07 Å². The highest BCUT2D eigenvalue weighted by atomic mass is 19.4. The van der Waals surface area contributed by atoms with E-state index in [1.807, 2.05) is 10.2 Å². The third-order valence-corrected chi connectivity index (χ3v) is 4.65. The lowest BCUT2D eigenvalue weighted by atomic mass is 9.96. The SMILES string of the molecule is CC(C)[C@H](OC(=O)C1CCN(c2ccc(C(F)(F)F)c[nH+]2)CC1)C(=O)NC(N)=O. The molecule has 0 unspecified atom stereocenters. The van der Waals surface area contributed by atoms with Gasteiger partial charge < -0.3 is 10.5 Å². The maximum absolute atomic E-state index is 12.7. The number of hydrogen-bond acceptors (Lipinski definition) is 5. The molecule has 4 N–H and O–H groups in total. The van der Waals surface area contributed by atoms with Gasteiger partial charge in [-0.25, -0.2) is 9.78 Å². The third kappa shape index (κ3) is 6.06. The molecule has 1 fully saturated rings. The lowest BCUT2D eigenvalue weighted by Crippen LogP contribution is -2.47. The lowest BCUT2D eigenvalue weighted by molar-refractivity contribution is -0.367. The number of primary amides is 1. The van der Waals surface area contributed by atoms with Gasteiger partial charge in [0.05, 0.1) is 24.6 Å². The van der Waals surface area contributed by atoms with Gasteiger partial charge in [-0.1, -0.05) is 13.8 Å². The summed E-state index contributed by atoms with van der Waals surface area (Å²) in [4.78, 5) is 39.7. The second-order valence-electron chi connectivity index (χ2n) is 7.18. The Morgan fingerprint density at radius 2 is 1.86 bits per heavy atom. The number of hydrogen-bond donors (Lipinski definition) is 2. The molecule has 1 saturated heterocycles. The summed E-state index contributed by atoms with van der Waals surface area (Å²) in [7, 11) is 0. The number of anilines is 1. The largest absolute Gasteiger partial charge is 0.452 e. The molecule has 8 nitrogen and oxygen atoms in total. The predicted octanol–water partition coefficient (Wildman–Crippen LogP) is 1.50.